The molecule has 0 heterocycles. The topological polar surface area (TPSA) is 29.1 Å². The minimum absolute atomic E-state index is 0.0926. The Hall–Kier alpha value is -0.530. The van der Waals surface area contributed by atoms with Gasteiger partial charge in [0.25, 0.3) is 0 Å². The minimum atomic E-state index is 0.0926. The second-order valence-corrected chi connectivity index (χ2v) is 4.21. The zero-order valence-electron chi connectivity index (χ0n) is 7.77. The molecule has 2 nitrogen and oxygen atoms in total. The molecule has 0 spiro atoms. The first-order valence-corrected chi connectivity index (χ1v) is 4.21. The molecule has 2 atom stereocenters. The number of nitrogens with one attached hydrogen (secondary N) is 1. The van der Waals surface area contributed by atoms with E-state index in [1.54, 1.807) is 6.92 Å². The lowest BCUT2D eigenvalue weighted by molar-refractivity contribution is -0.123. The van der Waals surface area contributed by atoms with Crippen molar-refractivity contribution in [2.75, 3.05) is 0 Å². The summed E-state index contributed by atoms with van der Waals surface area (Å²) in [7, 11) is 0. The van der Waals surface area contributed by atoms with Gasteiger partial charge in [0.05, 0.1) is 0 Å². The third-order valence-corrected chi connectivity index (χ3v) is 3.13. The van der Waals surface area contributed by atoms with Gasteiger partial charge in [0.2, 0.25) is 5.91 Å². The van der Waals surface area contributed by atoms with Gasteiger partial charge in [-0.1, -0.05) is 20.8 Å². The molecule has 0 bridgehead atoms. The van der Waals surface area contributed by atoms with Crippen molar-refractivity contribution in [2.24, 2.45) is 11.3 Å². The zero-order chi connectivity index (χ0) is 8.65. The standard InChI is InChI=1S/C9H17NO/c1-6-5-8(9(6,3)4)10-7(2)11/h6,8H,5H2,1-4H3,(H,10,11)/t6-,8+/m1/s1. The third-order valence-electron chi connectivity index (χ3n) is 3.13. The monoisotopic (exact) mass is 155 g/mol. The molecule has 1 fully saturated rings. The highest BCUT2D eigenvalue weighted by Gasteiger charge is 2.45. The summed E-state index contributed by atoms with van der Waals surface area (Å²) in [5, 5.41) is 2.96. The molecule has 1 N–H and O–H groups in total. The van der Waals surface area contributed by atoms with E-state index in [0.717, 1.165) is 12.3 Å². The van der Waals surface area contributed by atoms with Crippen LogP contribution in [0, 0.1) is 11.3 Å². The summed E-state index contributed by atoms with van der Waals surface area (Å²) in [5.74, 6) is 0.828. The van der Waals surface area contributed by atoms with Crippen LogP contribution in [-0.2, 0) is 4.79 Å². The molecule has 2 heteroatoms. The summed E-state index contributed by atoms with van der Waals surface area (Å²) in [6.45, 7) is 8.24. The van der Waals surface area contributed by atoms with E-state index >= 15 is 0 Å². The van der Waals surface area contributed by atoms with E-state index in [9.17, 15) is 4.79 Å². The van der Waals surface area contributed by atoms with Crippen LogP contribution in [0.5, 0.6) is 0 Å². The average Bonchev–Trinajstić information content (AvgIpc) is 1.87. The maximum Gasteiger partial charge on any atom is 0.217 e. The van der Waals surface area contributed by atoms with Crippen molar-refractivity contribution >= 4 is 5.91 Å². The molecule has 0 aliphatic heterocycles. The Labute approximate surface area is 68.4 Å². The van der Waals surface area contributed by atoms with Crippen molar-refractivity contribution in [3.8, 4) is 0 Å². The Morgan fingerprint density at radius 3 is 2.36 bits per heavy atom. The highest BCUT2D eigenvalue weighted by Crippen LogP contribution is 2.45. The van der Waals surface area contributed by atoms with Crippen molar-refractivity contribution in [3.05, 3.63) is 0 Å². The maximum atomic E-state index is 10.7. The van der Waals surface area contributed by atoms with Gasteiger partial charge < -0.3 is 5.32 Å². The molecular weight excluding hydrogens is 138 g/mol. The molecule has 0 aromatic rings. The van der Waals surface area contributed by atoms with Gasteiger partial charge >= 0.3 is 0 Å². The Bertz CT molecular complexity index is 174. The summed E-state index contributed by atoms with van der Waals surface area (Å²) in [6, 6.07) is 0.398. The first kappa shape index (κ1) is 8.57. The number of carbonyl (C=O) groups excluding carboxylic acids is 1. The van der Waals surface area contributed by atoms with Gasteiger partial charge in [0.1, 0.15) is 0 Å². The third kappa shape index (κ3) is 1.39. The van der Waals surface area contributed by atoms with Gasteiger partial charge in [-0.2, -0.15) is 0 Å². The predicted octanol–water partition coefficient (Wildman–Crippen LogP) is 1.56. The highest BCUT2D eigenvalue weighted by molar-refractivity contribution is 5.73. The molecule has 0 aromatic heterocycles. The average molecular weight is 155 g/mol. The van der Waals surface area contributed by atoms with Crippen LogP contribution in [-0.4, -0.2) is 11.9 Å². The largest absolute Gasteiger partial charge is 0.353 e. The first-order chi connectivity index (χ1) is 4.94. The Morgan fingerprint density at radius 1 is 1.55 bits per heavy atom. The summed E-state index contributed by atoms with van der Waals surface area (Å²) >= 11 is 0. The Morgan fingerprint density at radius 2 is 2.09 bits per heavy atom. The zero-order valence-corrected chi connectivity index (χ0v) is 7.77. The van der Waals surface area contributed by atoms with E-state index in [0.29, 0.717) is 11.5 Å². The summed E-state index contributed by atoms with van der Waals surface area (Å²) in [6.07, 6.45) is 1.13. The molecule has 11 heavy (non-hydrogen) atoms. The van der Waals surface area contributed by atoms with Crippen LogP contribution in [0.4, 0.5) is 0 Å². The van der Waals surface area contributed by atoms with E-state index in [1.807, 2.05) is 0 Å². The Kier molecular flexibility index (Phi) is 1.95. The molecule has 0 saturated heterocycles. The fraction of sp³-hybridized carbons (Fsp3) is 0.889. The molecule has 1 aliphatic rings. The maximum absolute atomic E-state index is 10.7. The van der Waals surface area contributed by atoms with Crippen molar-refractivity contribution in [3.63, 3.8) is 0 Å². The fourth-order valence-electron chi connectivity index (χ4n) is 1.63. The number of carbonyl (C=O) groups is 1. The number of hydrogen-bond donors (Lipinski definition) is 1. The van der Waals surface area contributed by atoms with Crippen LogP contribution in [0.1, 0.15) is 34.1 Å². The molecule has 0 unspecified atom stereocenters. The van der Waals surface area contributed by atoms with Crippen molar-refractivity contribution in [1.82, 2.24) is 5.32 Å². The molecule has 1 amide bonds. The summed E-state index contributed by atoms with van der Waals surface area (Å²) in [5.41, 5.74) is 0.297. The van der Waals surface area contributed by atoms with Crippen LogP contribution in [0.25, 0.3) is 0 Å². The van der Waals surface area contributed by atoms with E-state index < -0.39 is 0 Å². The molecular formula is C9H17NO. The van der Waals surface area contributed by atoms with E-state index in [1.165, 1.54) is 0 Å². The molecule has 0 aromatic carbocycles. The molecule has 1 rings (SSSR count). The second kappa shape index (κ2) is 2.50. The second-order valence-electron chi connectivity index (χ2n) is 4.21. The first-order valence-electron chi connectivity index (χ1n) is 4.21. The van der Waals surface area contributed by atoms with E-state index in [4.69, 9.17) is 0 Å². The van der Waals surface area contributed by atoms with Gasteiger partial charge in [-0.05, 0) is 17.8 Å². The highest BCUT2D eigenvalue weighted by atomic mass is 16.1. The normalized spacial score (nSPS) is 34.2. The van der Waals surface area contributed by atoms with Crippen LogP contribution in [0.2, 0.25) is 0 Å². The summed E-state index contributed by atoms with van der Waals surface area (Å²) in [4.78, 5) is 10.7. The molecule has 1 aliphatic carbocycles. The lowest BCUT2D eigenvalue weighted by Gasteiger charge is -2.50. The van der Waals surface area contributed by atoms with Gasteiger partial charge in [0, 0.05) is 13.0 Å². The fourth-order valence-corrected chi connectivity index (χ4v) is 1.63. The molecule has 64 valence electrons. The van der Waals surface area contributed by atoms with E-state index in [-0.39, 0.29) is 5.91 Å². The van der Waals surface area contributed by atoms with Crippen molar-refractivity contribution in [2.45, 2.75) is 40.2 Å². The summed E-state index contributed by atoms with van der Waals surface area (Å²) < 4.78 is 0. The lowest BCUT2D eigenvalue weighted by atomic mass is 9.59. The number of amides is 1. The number of hydrogen-bond acceptors (Lipinski definition) is 1. The predicted molar refractivity (Wildman–Crippen MR) is 45.2 cm³/mol. The van der Waals surface area contributed by atoms with Crippen LogP contribution < -0.4 is 5.32 Å². The lowest BCUT2D eigenvalue weighted by Crippen LogP contribution is -2.56. The number of rotatable bonds is 1. The van der Waals surface area contributed by atoms with Gasteiger partial charge in [-0.15, -0.1) is 0 Å². The van der Waals surface area contributed by atoms with Gasteiger partial charge in [-0.25, -0.2) is 0 Å². The molecule has 0 radical (unpaired) electrons. The molecule has 1 saturated carbocycles. The Balaban J connectivity index is 2.46. The van der Waals surface area contributed by atoms with Crippen LogP contribution in [0.15, 0.2) is 0 Å². The van der Waals surface area contributed by atoms with Crippen LogP contribution in [0.3, 0.4) is 0 Å². The van der Waals surface area contributed by atoms with Gasteiger partial charge in [0.15, 0.2) is 0 Å². The van der Waals surface area contributed by atoms with Gasteiger partial charge in [-0.3, -0.25) is 4.79 Å². The minimum Gasteiger partial charge on any atom is -0.353 e. The quantitative estimate of drug-likeness (QED) is 0.611. The van der Waals surface area contributed by atoms with Crippen molar-refractivity contribution < 1.29 is 4.79 Å². The smallest absolute Gasteiger partial charge is 0.217 e. The van der Waals surface area contributed by atoms with Crippen molar-refractivity contribution in [1.29, 1.82) is 0 Å². The van der Waals surface area contributed by atoms with Crippen LogP contribution >= 0.6 is 0 Å². The van der Waals surface area contributed by atoms with E-state index in [2.05, 4.69) is 26.1 Å². The SMILES string of the molecule is CC(=O)N[C@H]1C[C@@H](C)C1(C)C.